The van der Waals surface area contributed by atoms with E-state index in [0.29, 0.717) is 26.2 Å². The quantitative estimate of drug-likeness (QED) is 0.261. The van der Waals surface area contributed by atoms with Gasteiger partial charge in [-0.1, -0.05) is 66.4 Å². The van der Waals surface area contributed by atoms with E-state index in [9.17, 15) is 13.6 Å². The molecular formula is C26H26IN3O3S. The van der Waals surface area contributed by atoms with Crippen LogP contribution in [0.15, 0.2) is 78.9 Å². The Balaban J connectivity index is 1.38. The van der Waals surface area contributed by atoms with Gasteiger partial charge in [-0.3, -0.25) is 0 Å². The summed E-state index contributed by atoms with van der Waals surface area (Å²) in [6, 6.07) is 25.0. The summed E-state index contributed by atoms with van der Waals surface area (Å²) in [4.78, 5) is 2.21. The largest absolute Gasteiger partial charge is 0.369 e. The fourth-order valence-electron chi connectivity index (χ4n) is 3.90. The van der Waals surface area contributed by atoms with E-state index in [0.717, 1.165) is 14.8 Å². The molecule has 8 heteroatoms. The Morgan fingerprint density at radius 3 is 2.21 bits per heavy atom. The molecule has 0 amide bonds. The van der Waals surface area contributed by atoms with Crippen molar-refractivity contribution in [2.45, 2.75) is 6.04 Å². The average molecular weight is 587 g/mol. The molecule has 4 rings (SSSR count). The molecule has 0 spiro atoms. The molecule has 6 nitrogen and oxygen atoms in total. The van der Waals surface area contributed by atoms with Crippen molar-refractivity contribution in [2.24, 2.45) is 0 Å². The third-order valence-electron chi connectivity index (χ3n) is 5.73. The first-order valence-corrected chi connectivity index (χ1v) is 13.7. The van der Waals surface area contributed by atoms with Crippen molar-refractivity contribution >= 4 is 38.3 Å². The molecule has 34 heavy (non-hydrogen) atoms. The molecule has 0 bridgehead atoms. The van der Waals surface area contributed by atoms with Gasteiger partial charge < -0.3 is 10.1 Å². The van der Waals surface area contributed by atoms with Gasteiger partial charge in [-0.15, -0.1) is 0 Å². The summed E-state index contributed by atoms with van der Waals surface area (Å²) in [5, 5.41) is 9.44. The molecule has 3 aromatic carbocycles. The molecule has 3 aromatic rings. The molecule has 1 fully saturated rings. The van der Waals surface area contributed by atoms with E-state index in [4.69, 9.17) is 0 Å². The predicted molar refractivity (Wildman–Crippen MR) is 144 cm³/mol. The molecule has 1 heterocycles. The first-order chi connectivity index (χ1) is 16.5. The van der Waals surface area contributed by atoms with Crippen molar-refractivity contribution in [1.29, 1.82) is 0 Å². The summed E-state index contributed by atoms with van der Waals surface area (Å²) in [7, 11) is -3.58. The van der Waals surface area contributed by atoms with Crippen LogP contribution in [0, 0.1) is 15.4 Å². The maximum atomic E-state index is 13.0. The molecule has 0 radical (unpaired) electrons. The standard InChI is InChI=1S/C26H26IN3O3S/c27-26-19-24(13-14-25(26)22-9-5-2-6-10-22)29-15-17-30(18-16-29)34(32,33)20-23(28-31)12-11-21-7-3-1-4-8-21/h1-10,13-14,19,23,28,31H,15-18,20H2. The summed E-state index contributed by atoms with van der Waals surface area (Å²) < 4.78 is 28.5. The van der Waals surface area contributed by atoms with Gasteiger partial charge in [0.15, 0.2) is 0 Å². The van der Waals surface area contributed by atoms with Crippen molar-refractivity contribution in [3.63, 3.8) is 0 Å². The zero-order valence-corrected chi connectivity index (χ0v) is 21.5. The number of benzene rings is 3. The predicted octanol–water partition coefficient (Wildman–Crippen LogP) is 3.81. The monoisotopic (exact) mass is 587 g/mol. The van der Waals surface area contributed by atoms with Gasteiger partial charge in [-0.05, 0) is 58.0 Å². The van der Waals surface area contributed by atoms with E-state index < -0.39 is 16.1 Å². The molecule has 1 aliphatic rings. The highest BCUT2D eigenvalue weighted by atomic mass is 127. The molecule has 176 valence electrons. The lowest BCUT2D eigenvalue weighted by Gasteiger charge is -2.35. The minimum absolute atomic E-state index is 0.285. The summed E-state index contributed by atoms with van der Waals surface area (Å²) in [5.41, 5.74) is 6.25. The Labute approximate surface area is 214 Å². The summed E-state index contributed by atoms with van der Waals surface area (Å²) in [6.07, 6.45) is 0. The number of rotatable bonds is 6. The fourth-order valence-corrected chi connectivity index (χ4v) is 6.22. The first kappa shape index (κ1) is 24.7. The Morgan fingerprint density at radius 1 is 0.941 bits per heavy atom. The normalized spacial score (nSPS) is 15.4. The highest BCUT2D eigenvalue weighted by molar-refractivity contribution is 14.1. The van der Waals surface area contributed by atoms with Crippen LogP contribution in [0.25, 0.3) is 11.1 Å². The lowest BCUT2D eigenvalue weighted by Crippen LogP contribution is -2.51. The topological polar surface area (TPSA) is 72.9 Å². The molecule has 1 unspecified atom stereocenters. The molecule has 2 N–H and O–H groups in total. The number of sulfonamides is 1. The van der Waals surface area contributed by atoms with Gasteiger partial charge in [0.05, 0.1) is 5.75 Å². The van der Waals surface area contributed by atoms with E-state index in [2.05, 4.69) is 69.7 Å². The van der Waals surface area contributed by atoms with E-state index in [1.807, 2.05) is 54.0 Å². The number of anilines is 1. The Hall–Kier alpha value is -2.42. The average Bonchev–Trinajstić information content (AvgIpc) is 2.87. The van der Waals surface area contributed by atoms with Crippen molar-refractivity contribution < 1.29 is 13.6 Å². The SMILES string of the molecule is O=S(=O)(CC(C#Cc1ccccc1)NO)N1CCN(c2ccc(-c3ccccc3)c(I)c2)CC1. The number of halogens is 1. The van der Waals surface area contributed by atoms with Gasteiger partial charge in [0.25, 0.3) is 0 Å². The summed E-state index contributed by atoms with van der Waals surface area (Å²) >= 11 is 2.36. The van der Waals surface area contributed by atoms with Crippen LogP contribution in [0.5, 0.6) is 0 Å². The minimum Gasteiger partial charge on any atom is -0.369 e. The first-order valence-electron chi connectivity index (χ1n) is 11.0. The third-order valence-corrected chi connectivity index (χ3v) is 8.53. The molecule has 1 aliphatic heterocycles. The Kier molecular flexibility index (Phi) is 8.24. The van der Waals surface area contributed by atoms with Crippen molar-refractivity contribution in [3.05, 3.63) is 88.0 Å². The van der Waals surface area contributed by atoms with Crippen molar-refractivity contribution in [1.82, 2.24) is 9.79 Å². The van der Waals surface area contributed by atoms with E-state index in [1.165, 1.54) is 15.4 Å². The summed E-state index contributed by atoms with van der Waals surface area (Å²) in [5.74, 6) is 5.43. The molecular weight excluding hydrogens is 561 g/mol. The van der Waals surface area contributed by atoms with Crippen LogP contribution in [0.1, 0.15) is 5.56 Å². The fraction of sp³-hybridized carbons (Fsp3) is 0.231. The van der Waals surface area contributed by atoms with Gasteiger partial charge in [0, 0.05) is 41.0 Å². The maximum Gasteiger partial charge on any atom is 0.216 e. The van der Waals surface area contributed by atoms with Crippen LogP contribution < -0.4 is 10.4 Å². The number of hydroxylamine groups is 1. The Bertz CT molecular complexity index is 1270. The lowest BCUT2D eigenvalue weighted by molar-refractivity contribution is 0.153. The number of piperazine rings is 1. The number of hydrogen-bond acceptors (Lipinski definition) is 5. The molecule has 0 aromatic heterocycles. The number of hydrogen-bond donors (Lipinski definition) is 2. The number of nitrogens with one attached hydrogen (secondary N) is 1. The van der Waals surface area contributed by atoms with E-state index in [-0.39, 0.29) is 5.75 Å². The molecule has 0 saturated carbocycles. The third kappa shape index (κ3) is 6.17. The van der Waals surface area contributed by atoms with E-state index >= 15 is 0 Å². The molecule has 0 aliphatic carbocycles. The van der Waals surface area contributed by atoms with Crippen LogP contribution in [0.3, 0.4) is 0 Å². The zero-order chi connectivity index (χ0) is 24.0. The van der Waals surface area contributed by atoms with Gasteiger partial charge in [0.1, 0.15) is 6.04 Å². The van der Waals surface area contributed by atoms with Crippen LogP contribution in [0.4, 0.5) is 5.69 Å². The van der Waals surface area contributed by atoms with Crippen LogP contribution >= 0.6 is 22.6 Å². The smallest absolute Gasteiger partial charge is 0.216 e. The lowest BCUT2D eigenvalue weighted by atomic mass is 10.1. The van der Waals surface area contributed by atoms with Gasteiger partial charge in [-0.25, -0.2) is 8.42 Å². The highest BCUT2D eigenvalue weighted by Crippen LogP contribution is 2.29. The van der Waals surface area contributed by atoms with E-state index in [1.54, 1.807) is 0 Å². The van der Waals surface area contributed by atoms with Crippen LogP contribution in [0.2, 0.25) is 0 Å². The highest BCUT2D eigenvalue weighted by Gasteiger charge is 2.29. The second-order valence-electron chi connectivity index (χ2n) is 8.01. The number of nitrogens with zero attached hydrogens (tertiary/aromatic N) is 2. The van der Waals surface area contributed by atoms with Gasteiger partial charge in [0.2, 0.25) is 10.0 Å². The van der Waals surface area contributed by atoms with Crippen LogP contribution in [-0.2, 0) is 10.0 Å². The van der Waals surface area contributed by atoms with Gasteiger partial charge >= 0.3 is 0 Å². The molecule has 1 atom stereocenters. The minimum atomic E-state index is -3.58. The summed E-state index contributed by atoms with van der Waals surface area (Å²) in [6.45, 7) is 1.99. The van der Waals surface area contributed by atoms with Crippen LogP contribution in [-0.4, -0.2) is 55.9 Å². The second kappa shape index (κ2) is 11.3. The van der Waals surface area contributed by atoms with Gasteiger partial charge in [-0.2, -0.15) is 9.79 Å². The van der Waals surface area contributed by atoms with Crippen molar-refractivity contribution in [2.75, 3.05) is 36.8 Å². The Morgan fingerprint density at radius 2 is 1.59 bits per heavy atom. The maximum absolute atomic E-state index is 13.0. The van der Waals surface area contributed by atoms with Crippen molar-refractivity contribution in [3.8, 4) is 23.0 Å². The second-order valence-corrected chi connectivity index (χ2v) is 11.2. The zero-order valence-electron chi connectivity index (χ0n) is 18.6. The molecule has 1 saturated heterocycles.